The number of methoxy groups -OCH3 is 1. The van der Waals surface area contributed by atoms with Crippen LogP contribution in [0, 0.1) is 0 Å². The molecular formula is C13H12BrN5O2. The molecule has 2 heterocycles. The van der Waals surface area contributed by atoms with Crippen molar-refractivity contribution in [1.82, 2.24) is 20.2 Å². The van der Waals surface area contributed by atoms with Gasteiger partial charge in [-0.1, -0.05) is 33.2 Å². The fourth-order valence-electron chi connectivity index (χ4n) is 2.37. The predicted molar refractivity (Wildman–Crippen MR) is 78.4 cm³/mol. The number of nitrogens with one attached hydrogen (secondary N) is 1. The summed E-state index contributed by atoms with van der Waals surface area (Å²) in [5, 5.41) is 14.6. The summed E-state index contributed by atoms with van der Waals surface area (Å²) in [6, 6.07) is 7.23. The lowest BCUT2D eigenvalue weighted by molar-refractivity contribution is -0.136. The van der Waals surface area contributed by atoms with E-state index in [2.05, 4.69) is 36.8 Å². The Morgan fingerprint density at radius 2 is 2.29 bits per heavy atom. The highest BCUT2D eigenvalue weighted by molar-refractivity contribution is 9.10. The van der Waals surface area contributed by atoms with Crippen molar-refractivity contribution in [2.75, 3.05) is 12.4 Å². The van der Waals surface area contributed by atoms with Crippen LogP contribution in [-0.2, 0) is 9.53 Å². The average Bonchev–Trinajstić information content (AvgIpc) is 2.92. The number of allylic oxidation sites excluding steroid dienone is 1. The van der Waals surface area contributed by atoms with Crippen LogP contribution in [-0.4, -0.2) is 33.3 Å². The van der Waals surface area contributed by atoms with Crippen molar-refractivity contribution in [3.05, 3.63) is 45.6 Å². The molecule has 8 heteroatoms. The number of benzene rings is 1. The number of fused-ring (bicyclic) bond motifs is 1. The van der Waals surface area contributed by atoms with E-state index in [1.807, 2.05) is 24.3 Å². The third-order valence-corrected chi connectivity index (χ3v) is 3.78. The molecule has 0 saturated carbocycles. The molecule has 1 N–H and O–H groups in total. The topological polar surface area (TPSA) is 81.9 Å². The number of anilines is 1. The molecule has 21 heavy (non-hydrogen) atoms. The highest BCUT2D eigenvalue weighted by Gasteiger charge is 2.34. The number of halogens is 1. The molecule has 0 spiro atoms. The van der Waals surface area contributed by atoms with Crippen molar-refractivity contribution in [2.24, 2.45) is 0 Å². The molecule has 0 amide bonds. The van der Waals surface area contributed by atoms with Gasteiger partial charge in [-0.3, -0.25) is 0 Å². The number of carbonyl (C=O) groups excluding carboxylic acids is 1. The molecule has 1 aliphatic rings. The van der Waals surface area contributed by atoms with Crippen LogP contribution in [0.1, 0.15) is 18.5 Å². The smallest absolute Gasteiger partial charge is 0.338 e. The van der Waals surface area contributed by atoms with Crippen molar-refractivity contribution < 1.29 is 9.53 Å². The van der Waals surface area contributed by atoms with E-state index in [9.17, 15) is 4.79 Å². The number of tetrazole rings is 1. The summed E-state index contributed by atoms with van der Waals surface area (Å²) in [6.45, 7) is 1.80. The maximum atomic E-state index is 12.2. The molecule has 1 aromatic carbocycles. The number of nitrogens with zero attached hydrogens (tertiary/aromatic N) is 4. The number of rotatable bonds is 2. The number of carbonyl (C=O) groups is 1. The number of esters is 1. The Morgan fingerprint density at radius 3 is 3.00 bits per heavy atom. The van der Waals surface area contributed by atoms with E-state index < -0.39 is 12.0 Å². The number of aromatic nitrogens is 4. The molecule has 0 bridgehead atoms. The molecule has 3 rings (SSSR count). The molecule has 1 unspecified atom stereocenters. The summed E-state index contributed by atoms with van der Waals surface area (Å²) in [6.07, 6.45) is 0. The van der Waals surface area contributed by atoms with Gasteiger partial charge in [0.1, 0.15) is 6.04 Å². The number of ether oxygens (including phenoxy) is 1. The Hall–Kier alpha value is -2.22. The van der Waals surface area contributed by atoms with E-state index >= 15 is 0 Å². The molecule has 0 aliphatic carbocycles. The van der Waals surface area contributed by atoms with Gasteiger partial charge in [-0.25, -0.2) is 4.79 Å². The lowest BCUT2D eigenvalue weighted by Gasteiger charge is -2.27. The maximum absolute atomic E-state index is 12.2. The zero-order valence-electron chi connectivity index (χ0n) is 11.4. The second-order valence-corrected chi connectivity index (χ2v) is 5.48. The van der Waals surface area contributed by atoms with Crippen LogP contribution >= 0.6 is 15.9 Å². The van der Waals surface area contributed by atoms with Crippen molar-refractivity contribution in [3.8, 4) is 0 Å². The van der Waals surface area contributed by atoms with Crippen LogP contribution < -0.4 is 5.32 Å². The van der Waals surface area contributed by atoms with Crippen LogP contribution in [0.4, 0.5) is 5.95 Å². The summed E-state index contributed by atoms with van der Waals surface area (Å²) in [4.78, 5) is 12.2. The molecule has 1 atom stereocenters. The SMILES string of the molecule is COC(=O)C1=C(C)Nc2nnnn2C1c1cccc(Br)c1. The zero-order chi connectivity index (χ0) is 15.0. The fraction of sp³-hybridized carbons (Fsp3) is 0.231. The van der Waals surface area contributed by atoms with Crippen molar-refractivity contribution in [2.45, 2.75) is 13.0 Å². The van der Waals surface area contributed by atoms with Gasteiger partial charge in [-0.15, -0.1) is 0 Å². The Bertz CT molecular complexity index is 740. The van der Waals surface area contributed by atoms with Gasteiger partial charge in [0.15, 0.2) is 0 Å². The Morgan fingerprint density at radius 1 is 1.48 bits per heavy atom. The summed E-state index contributed by atoms with van der Waals surface area (Å²) < 4.78 is 7.39. The first-order valence-electron chi connectivity index (χ1n) is 6.21. The van der Waals surface area contributed by atoms with Crippen LogP contribution in [0.2, 0.25) is 0 Å². The first kappa shape index (κ1) is 13.7. The third kappa shape index (κ3) is 2.31. The van der Waals surface area contributed by atoms with Gasteiger partial charge in [-0.05, 0) is 35.0 Å². The van der Waals surface area contributed by atoms with Crippen molar-refractivity contribution in [1.29, 1.82) is 0 Å². The van der Waals surface area contributed by atoms with Crippen LogP contribution in [0.25, 0.3) is 0 Å². The molecule has 1 aromatic heterocycles. The largest absolute Gasteiger partial charge is 0.466 e. The Balaban J connectivity index is 2.20. The molecule has 2 aromatic rings. The first-order valence-corrected chi connectivity index (χ1v) is 7.00. The minimum absolute atomic E-state index is 0.411. The minimum atomic E-state index is -0.429. The van der Waals surface area contributed by atoms with Crippen molar-refractivity contribution in [3.63, 3.8) is 0 Å². The summed E-state index contributed by atoms with van der Waals surface area (Å²) in [7, 11) is 1.36. The van der Waals surface area contributed by atoms with E-state index in [-0.39, 0.29) is 0 Å². The lowest BCUT2D eigenvalue weighted by atomic mass is 9.96. The second kappa shape index (κ2) is 5.28. The highest BCUT2D eigenvalue weighted by atomic mass is 79.9. The van der Waals surface area contributed by atoms with Gasteiger partial charge in [-0.2, -0.15) is 4.68 Å². The Labute approximate surface area is 129 Å². The highest BCUT2D eigenvalue weighted by Crippen LogP contribution is 2.35. The summed E-state index contributed by atoms with van der Waals surface area (Å²) >= 11 is 3.44. The molecule has 1 aliphatic heterocycles. The van der Waals surface area contributed by atoms with Crippen molar-refractivity contribution >= 4 is 27.8 Å². The van der Waals surface area contributed by atoms with E-state index in [1.165, 1.54) is 7.11 Å². The minimum Gasteiger partial charge on any atom is -0.466 e. The van der Waals surface area contributed by atoms with E-state index in [0.717, 1.165) is 10.0 Å². The summed E-state index contributed by atoms with van der Waals surface area (Å²) in [5.74, 6) is 0.0799. The fourth-order valence-corrected chi connectivity index (χ4v) is 2.79. The zero-order valence-corrected chi connectivity index (χ0v) is 13.0. The molecular weight excluding hydrogens is 338 g/mol. The average molecular weight is 350 g/mol. The van der Waals surface area contributed by atoms with Crippen LogP contribution in [0.5, 0.6) is 0 Å². The van der Waals surface area contributed by atoms with Crippen LogP contribution in [0.15, 0.2) is 40.0 Å². The van der Waals surface area contributed by atoms with E-state index in [0.29, 0.717) is 17.2 Å². The van der Waals surface area contributed by atoms with Gasteiger partial charge >= 0.3 is 5.97 Å². The van der Waals surface area contributed by atoms with E-state index in [4.69, 9.17) is 4.74 Å². The van der Waals surface area contributed by atoms with E-state index in [1.54, 1.807) is 11.6 Å². The molecule has 0 saturated heterocycles. The van der Waals surface area contributed by atoms with Gasteiger partial charge in [0.05, 0.1) is 12.7 Å². The molecule has 108 valence electrons. The quantitative estimate of drug-likeness (QED) is 0.833. The number of hydrogen-bond donors (Lipinski definition) is 1. The molecule has 0 radical (unpaired) electrons. The standard InChI is InChI=1S/C13H12BrN5O2/c1-7-10(12(20)21-2)11(8-4-3-5-9(14)6-8)19-13(15-7)16-17-18-19/h3-6,11H,1-2H3,(H,15,16,18). The van der Waals surface area contributed by atoms with Crippen LogP contribution in [0.3, 0.4) is 0 Å². The van der Waals surface area contributed by atoms with Gasteiger partial charge in [0.2, 0.25) is 5.95 Å². The molecule has 0 fully saturated rings. The maximum Gasteiger partial charge on any atom is 0.338 e. The normalized spacial score (nSPS) is 17.2. The third-order valence-electron chi connectivity index (χ3n) is 3.28. The molecule has 7 nitrogen and oxygen atoms in total. The lowest BCUT2D eigenvalue weighted by Crippen LogP contribution is -2.29. The second-order valence-electron chi connectivity index (χ2n) is 4.56. The number of hydrogen-bond acceptors (Lipinski definition) is 6. The monoisotopic (exact) mass is 349 g/mol. The predicted octanol–water partition coefficient (Wildman–Crippen LogP) is 1.90. The van der Waals surface area contributed by atoms with Gasteiger partial charge in [0.25, 0.3) is 0 Å². The van der Waals surface area contributed by atoms with Gasteiger partial charge < -0.3 is 10.1 Å². The Kier molecular flexibility index (Phi) is 3.46. The summed E-state index contributed by atoms with van der Waals surface area (Å²) in [5.41, 5.74) is 2.05. The van der Waals surface area contributed by atoms with Gasteiger partial charge in [0, 0.05) is 10.2 Å². The first-order chi connectivity index (χ1) is 10.1.